The van der Waals surface area contributed by atoms with Crippen molar-refractivity contribution in [2.24, 2.45) is 5.73 Å². The highest BCUT2D eigenvalue weighted by Crippen LogP contribution is 2.28. The zero-order valence-corrected chi connectivity index (χ0v) is 15.1. The first kappa shape index (κ1) is 18.0. The first-order valence-electron chi connectivity index (χ1n) is 8.48. The van der Waals surface area contributed by atoms with Gasteiger partial charge < -0.3 is 20.3 Å². The maximum absolute atomic E-state index is 6.14. The van der Waals surface area contributed by atoms with Crippen LogP contribution in [0.3, 0.4) is 0 Å². The van der Waals surface area contributed by atoms with E-state index in [1.54, 1.807) is 0 Å². The van der Waals surface area contributed by atoms with Crippen LogP contribution in [0.5, 0.6) is 5.75 Å². The number of nitrogens with zero attached hydrogens (tertiary/aromatic N) is 3. The number of anilines is 1. The van der Waals surface area contributed by atoms with Crippen LogP contribution in [-0.4, -0.2) is 75.3 Å². The van der Waals surface area contributed by atoms with Gasteiger partial charge in [0.2, 0.25) is 0 Å². The second-order valence-electron chi connectivity index (χ2n) is 7.37. The average Bonchev–Trinajstić information content (AvgIpc) is 2.47. The van der Waals surface area contributed by atoms with Crippen molar-refractivity contribution in [1.29, 1.82) is 0 Å². The minimum atomic E-state index is -0.130. The molecule has 0 bridgehead atoms. The van der Waals surface area contributed by atoms with Crippen LogP contribution in [0.15, 0.2) is 24.3 Å². The van der Waals surface area contributed by atoms with Crippen molar-refractivity contribution in [3.05, 3.63) is 24.3 Å². The van der Waals surface area contributed by atoms with E-state index in [-0.39, 0.29) is 5.54 Å². The first-order valence-corrected chi connectivity index (χ1v) is 8.48. The van der Waals surface area contributed by atoms with Crippen LogP contribution in [0.4, 0.5) is 5.69 Å². The van der Waals surface area contributed by atoms with Crippen LogP contribution in [0.1, 0.15) is 13.8 Å². The molecule has 1 fully saturated rings. The molecule has 0 radical (unpaired) electrons. The van der Waals surface area contributed by atoms with Crippen LogP contribution >= 0.6 is 0 Å². The van der Waals surface area contributed by atoms with E-state index in [4.69, 9.17) is 10.5 Å². The molecule has 5 nitrogen and oxygen atoms in total. The van der Waals surface area contributed by atoms with Crippen molar-refractivity contribution in [3.8, 4) is 5.75 Å². The molecule has 2 N–H and O–H groups in total. The summed E-state index contributed by atoms with van der Waals surface area (Å²) in [6.07, 6.45) is 0. The smallest absolute Gasteiger partial charge is 0.142 e. The lowest BCUT2D eigenvalue weighted by Crippen LogP contribution is -2.53. The average molecular weight is 320 g/mol. The molecule has 0 spiro atoms. The van der Waals surface area contributed by atoms with Gasteiger partial charge in [-0.1, -0.05) is 12.1 Å². The van der Waals surface area contributed by atoms with Gasteiger partial charge in [-0.15, -0.1) is 0 Å². The van der Waals surface area contributed by atoms with E-state index in [9.17, 15) is 0 Å². The maximum atomic E-state index is 6.14. The van der Waals surface area contributed by atoms with E-state index < -0.39 is 0 Å². The molecule has 5 heteroatoms. The van der Waals surface area contributed by atoms with Crippen LogP contribution in [0.2, 0.25) is 0 Å². The molecule has 0 aromatic heterocycles. The van der Waals surface area contributed by atoms with Gasteiger partial charge in [0.25, 0.3) is 0 Å². The standard InChI is InChI=1S/C18H32N4O/c1-18(2,19)15-21-9-11-22(12-10-21)16-7-5-6-8-17(16)23-14-13-20(3)4/h5-8H,9-15,19H2,1-4H3. The van der Waals surface area contributed by atoms with Crippen molar-refractivity contribution < 1.29 is 4.74 Å². The van der Waals surface area contributed by atoms with Crippen molar-refractivity contribution in [2.75, 3.05) is 64.9 Å². The number of benzene rings is 1. The maximum Gasteiger partial charge on any atom is 0.142 e. The Kier molecular flexibility index (Phi) is 6.27. The molecule has 0 unspecified atom stereocenters. The van der Waals surface area contributed by atoms with Crippen molar-refractivity contribution in [2.45, 2.75) is 19.4 Å². The summed E-state index contributed by atoms with van der Waals surface area (Å²) in [6.45, 7) is 10.9. The Bertz CT molecular complexity index is 476. The topological polar surface area (TPSA) is 45.0 Å². The summed E-state index contributed by atoms with van der Waals surface area (Å²) in [6, 6.07) is 8.36. The Morgan fingerprint density at radius 1 is 1.13 bits per heavy atom. The number of nitrogens with two attached hydrogens (primary N) is 1. The van der Waals surface area contributed by atoms with Crippen LogP contribution in [0.25, 0.3) is 0 Å². The fraction of sp³-hybridized carbons (Fsp3) is 0.667. The van der Waals surface area contributed by atoms with Gasteiger partial charge in [0.05, 0.1) is 5.69 Å². The molecule has 1 heterocycles. The summed E-state index contributed by atoms with van der Waals surface area (Å²) >= 11 is 0. The minimum absolute atomic E-state index is 0.130. The number of hydrogen-bond acceptors (Lipinski definition) is 5. The predicted octanol–water partition coefficient (Wildman–Crippen LogP) is 1.49. The summed E-state index contributed by atoms with van der Waals surface area (Å²) in [5.41, 5.74) is 7.21. The number of hydrogen-bond donors (Lipinski definition) is 1. The highest BCUT2D eigenvalue weighted by molar-refractivity contribution is 5.58. The second-order valence-corrected chi connectivity index (χ2v) is 7.37. The minimum Gasteiger partial charge on any atom is -0.490 e. The second kappa shape index (κ2) is 7.99. The summed E-state index contributed by atoms with van der Waals surface area (Å²) in [5, 5.41) is 0. The zero-order valence-electron chi connectivity index (χ0n) is 15.1. The molecule has 2 rings (SSSR count). The van der Waals surface area contributed by atoms with Crippen molar-refractivity contribution in [3.63, 3.8) is 0 Å². The Balaban J connectivity index is 1.92. The highest BCUT2D eigenvalue weighted by Gasteiger charge is 2.23. The third-order valence-electron chi connectivity index (χ3n) is 4.01. The Hall–Kier alpha value is -1.30. The molecular formula is C18H32N4O. The molecule has 0 amide bonds. The third-order valence-corrected chi connectivity index (χ3v) is 4.01. The fourth-order valence-corrected chi connectivity index (χ4v) is 2.90. The molecule has 130 valence electrons. The van der Waals surface area contributed by atoms with Gasteiger partial charge >= 0.3 is 0 Å². The number of piperazine rings is 1. The molecule has 1 aromatic rings. The van der Waals surface area contributed by atoms with E-state index in [0.29, 0.717) is 6.61 Å². The molecule has 1 aromatic carbocycles. The van der Waals surface area contributed by atoms with Gasteiger partial charge in [0.15, 0.2) is 0 Å². The monoisotopic (exact) mass is 320 g/mol. The van der Waals surface area contributed by atoms with Gasteiger partial charge in [-0.25, -0.2) is 0 Å². The molecule has 1 aliphatic heterocycles. The molecule has 0 saturated carbocycles. The van der Waals surface area contributed by atoms with E-state index in [1.807, 2.05) is 6.07 Å². The summed E-state index contributed by atoms with van der Waals surface area (Å²) in [5.74, 6) is 0.988. The van der Waals surface area contributed by atoms with Gasteiger partial charge in [-0.3, -0.25) is 4.90 Å². The van der Waals surface area contributed by atoms with E-state index in [1.165, 1.54) is 5.69 Å². The molecule has 0 atom stereocenters. The lowest BCUT2D eigenvalue weighted by atomic mass is 10.1. The van der Waals surface area contributed by atoms with E-state index in [0.717, 1.165) is 45.0 Å². The molecule has 1 saturated heterocycles. The van der Waals surface area contributed by atoms with Crippen molar-refractivity contribution in [1.82, 2.24) is 9.80 Å². The van der Waals surface area contributed by atoms with Crippen molar-refractivity contribution >= 4 is 5.69 Å². The lowest BCUT2D eigenvalue weighted by Gasteiger charge is -2.39. The zero-order chi connectivity index (χ0) is 16.9. The van der Waals surface area contributed by atoms with Crippen LogP contribution < -0.4 is 15.4 Å². The Morgan fingerprint density at radius 2 is 1.78 bits per heavy atom. The summed E-state index contributed by atoms with van der Waals surface area (Å²) < 4.78 is 5.99. The summed E-state index contributed by atoms with van der Waals surface area (Å²) in [4.78, 5) is 7.01. The molecular weight excluding hydrogens is 288 g/mol. The molecule has 23 heavy (non-hydrogen) atoms. The molecule has 1 aliphatic rings. The van der Waals surface area contributed by atoms with Gasteiger partial charge in [0.1, 0.15) is 12.4 Å². The number of likely N-dealkylation sites (N-methyl/N-ethyl adjacent to an activating group) is 1. The fourth-order valence-electron chi connectivity index (χ4n) is 2.90. The normalized spacial score (nSPS) is 16.9. The van der Waals surface area contributed by atoms with E-state index in [2.05, 4.69) is 60.8 Å². The Morgan fingerprint density at radius 3 is 2.39 bits per heavy atom. The largest absolute Gasteiger partial charge is 0.490 e. The predicted molar refractivity (Wildman–Crippen MR) is 97.4 cm³/mol. The first-order chi connectivity index (χ1) is 10.8. The SMILES string of the molecule is CN(C)CCOc1ccccc1N1CCN(CC(C)(C)N)CC1. The summed E-state index contributed by atoms with van der Waals surface area (Å²) in [7, 11) is 4.13. The van der Waals surface area contributed by atoms with Gasteiger partial charge in [-0.05, 0) is 40.1 Å². The number of rotatable bonds is 7. The number of ether oxygens (including phenoxy) is 1. The van der Waals surface area contributed by atoms with E-state index >= 15 is 0 Å². The van der Waals surface area contributed by atoms with Crippen LogP contribution in [0, 0.1) is 0 Å². The molecule has 0 aliphatic carbocycles. The highest BCUT2D eigenvalue weighted by atomic mass is 16.5. The van der Waals surface area contributed by atoms with Crippen LogP contribution in [-0.2, 0) is 0 Å². The lowest BCUT2D eigenvalue weighted by molar-refractivity contribution is 0.213. The van der Waals surface area contributed by atoms with Gasteiger partial charge in [-0.2, -0.15) is 0 Å². The Labute approximate surface area is 141 Å². The number of para-hydroxylation sites is 2. The quantitative estimate of drug-likeness (QED) is 0.825. The van der Waals surface area contributed by atoms with Gasteiger partial charge in [0, 0.05) is 44.8 Å². The third kappa shape index (κ3) is 6.01.